The molecular weight excluding hydrogens is 735 g/mol. The highest BCUT2D eigenvalue weighted by molar-refractivity contribution is 6.08. The van der Waals surface area contributed by atoms with E-state index < -0.39 is 0 Å². The second-order valence-corrected chi connectivity index (χ2v) is 19.7. The summed E-state index contributed by atoms with van der Waals surface area (Å²) in [5.74, 6) is 0. The van der Waals surface area contributed by atoms with Crippen molar-refractivity contribution >= 4 is 38.5 Å². The number of rotatable bonds is 4. The summed E-state index contributed by atoms with van der Waals surface area (Å²) in [5.41, 5.74) is 23.0. The maximum atomic E-state index is 2.62. The van der Waals surface area contributed by atoms with Crippen molar-refractivity contribution in [3.63, 3.8) is 0 Å². The molecule has 8 aromatic rings. The number of fused-ring (bicyclic) bond motifs is 12. The Morgan fingerprint density at radius 3 is 1.87 bits per heavy atom. The van der Waals surface area contributed by atoms with Gasteiger partial charge in [-0.25, -0.2) is 0 Å². The fourth-order valence-electron chi connectivity index (χ4n) is 12.0. The molecule has 1 nitrogen and oxygen atoms in total. The van der Waals surface area contributed by atoms with Crippen LogP contribution in [0.15, 0.2) is 169 Å². The summed E-state index contributed by atoms with van der Waals surface area (Å²) < 4.78 is 0. The highest BCUT2D eigenvalue weighted by atomic mass is 15.2. The first kappa shape index (κ1) is 36.4. The zero-order valence-corrected chi connectivity index (χ0v) is 36.3. The molecule has 1 heteroatoms. The number of allylic oxidation sites excluding steroid dienone is 2. The average molecular weight is 786 g/mol. The molecule has 8 aromatic carbocycles. The summed E-state index contributed by atoms with van der Waals surface area (Å²) in [6.45, 7) is 16.8. The Bertz CT molecular complexity index is 3240. The van der Waals surface area contributed by atoms with Gasteiger partial charge >= 0.3 is 0 Å². The Morgan fingerprint density at radius 2 is 1.08 bits per heavy atom. The van der Waals surface area contributed by atoms with Gasteiger partial charge < -0.3 is 4.90 Å². The first-order valence-electron chi connectivity index (χ1n) is 22.2. The molecule has 0 N–H and O–H groups in total. The van der Waals surface area contributed by atoms with Crippen molar-refractivity contribution in [3.8, 4) is 33.4 Å². The van der Waals surface area contributed by atoms with Crippen molar-refractivity contribution in [3.05, 3.63) is 208 Å². The zero-order chi connectivity index (χ0) is 41.6. The molecule has 0 saturated carbocycles. The Hall–Kier alpha value is -6.44. The van der Waals surface area contributed by atoms with E-state index in [0.29, 0.717) is 0 Å². The predicted octanol–water partition coefficient (Wildman–Crippen LogP) is 15.8. The minimum Gasteiger partial charge on any atom is -0.334 e. The molecule has 296 valence electrons. The Labute approximate surface area is 360 Å². The first-order valence-corrected chi connectivity index (χ1v) is 22.2. The van der Waals surface area contributed by atoms with Gasteiger partial charge in [0.1, 0.15) is 0 Å². The standard InChI is InChI=1S/C60H51N/c1-36-21-24-39(25-22-36)61(41-27-29-46-52(32-41)60(6,7)55-33-47(37-15-9-8-10-16-37)43-19-13-14-20-45(43)57(46)55)40-26-28-44-48-34-54-49(35-53(48)59(4,5)51(44)31-40)56-42-18-12-11-17-38(42)23-30-50(56)58(54,2)3/h8-31,33-35,41H,32H2,1-7H3. The molecule has 61 heavy (non-hydrogen) atoms. The van der Waals surface area contributed by atoms with Crippen molar-refractivity contribution in [1.29, 1.82) is 0 Å². The Morgan fingerprint density at radius 1 is 0.459 bits per heavy atom. The summed E-state index contributed by atoms with van der Waals surface area (Å²) >= 11 is 0. The lowest BCUT2D eigenvalue weighted by Crippen LogP contribution is -2.33. The van der Waals surface area contributed by atoms with Crippen LogP contribution in [-0.2, 0) is 16.2 Å². The van der Waals surface area contributed by atoms with Crippen molar-refractivity contribution in [2.75, 3.05) is 4.90 Å². The number of hydrogen-bond acceptors (Lipinski definition) is 1. The molecule has 1 unspecified atom stereocenters. The van der Waals surface area contributed by atoms with Crippen LogP contribution in [0.4, 0.5) is 11.4 Å². The summed E-state index contributed by atoms with van der Waals surface area (Å²) in [6.07, 6.45) is 5.91. The fourth-order valence-corrected chi connectivity index (χ4v) is 12.0. The van der Waals surface area contributed by atoms with E-state index in [9.17, 15) is 0 Å². The summed E-state index contributed by atoms with van der Waals surface area (Å²) in [6, 6.07) is 57.9. The molecule has 0 spiro atoms. The average Bonchev–Trinajstić information content (AvgIpc) is 3.75. The van der Waals surface area contributed by atoms with Crippen molar-refractivity contribution < 1.29 is 0 Å². The van der Waals surface area contributed by atoms with E-state index in [0.717, 1.165) is 6.42 Å². The second kappa shape index (κ2) is 12.6. The van der Waals surface area contributed by atoms with Crippen LogP contribution in [0.25, 0.3) is 60.5 Å². The van der Waals surface area contributed by atoms with Gasteiger partial charge in [0, 0.05) is 27.6 Å². The smallest absolute Gasteiger partial charge is 0.0563 e. The van der Waals surface area contributed by atoms with Gasteiger partial charge in [0.25, 0.3) is 0 Å². The number of aryl methyl sites for hydroxylation is 1. The third-order valence-electron chi connectivity index (χ3n) is 15.3. The highest BCUT2D eigenvalue weighted by Crippen LogP contribution is 2.59. The van der Waals surface area contributed by atoms with E-state index >= 15 is 0 Å². The molecule has 0 radical (unpaired) electrons. The fraction of sp³-hybridized carbons (Fsp3) is 0.200. The van der Waals surface area contributed by atoms with Crippen molar-refractivity contribution in [2.24, 2.45) is 0 Å². The van der Waals surface area contributed by atoms with Crippen LogP contribution >= 0.6 is 0 Å². The van der Waals surface area contributed by atoms with E-state index in [1.165, 1.54) is 116 Å². The van der Waals surface area contributed by atoms with Gasteiger partial charge in [0.2, 0.25) is 0 Å². The van der Waals surface area contributed by atoms with E-state index in [4.69, 9.17) is 0 Å². The van der Waals surface area contributed by atoms with Gasteiger partial charge in [-0.2, -0.15) is 0 Å². The van der Waals surface area contributed by atoms with Gasteiger partial charge in [0.15, 0.2) is 0 Å². The zero-order valence-electron chi connectivity index (χ0n) is 36.3. The summed E-state index contributed by atoms with van der Waals surface area (Å²) in [4.78, 5) is 2.62. The number of benzene rings is 8. The molecule has 0 bridgehead atoms. The second-order valence-electron chi connectivity index (χ2n) is 19.7. The maximum Gasteiger partial charge on any atom is 0.0563 e. The number of anilines is 2. The molecular formula is C60H51N. The minimum atomic E-state index is -0.170. The molecule has 0 heterocycles. The van der Waals surface area contributed by atoms with Gasteiger partial charge in [0.05, 0.1) is 6.04 Å². The Kier molecular flexibility index (Phi) is 7.49. The van der Waals surface area contributed by atoms with E-state index in [2.05, 4.69) is 217 Å². The highest BCUT2D eigenvalue weighted by Gasteiger charge is 2.44. The largest absolute Gasteiger partial charge is 0.334 e. The van der Waals surface area contributed by atoms with Crippen LogP contribution in [-0.4, -0.2) is 6.04 Å². The third-order valence-corrected chi connectivity index (χ3v) is 15.3. The molecule has 0 amide bonds. The minimum absolute atomic E-state index is 0.0806. The molecule has 12 rings (SSSR count). The maximum absolute atomic E-state index is 2.62. The van der Waals surface area contributed by atoms with Crippen LogP contribution in [0, 0.1) is 6.92 Å². The number of hydrogen-bond donors (Lipinski definition) is 0. The summed E-state index contributed by atoms with van der Waals surface area (Å²) in [5, 5.41) is 5.33. The lowest BCUT2D eigenvalue weighted by molar-refractivity contribution is 0.585. The van der Waals surface area contributed by atoms with Crippen LogP contribution in [0.2, 0.25) is 0 Å². The monoisotopic (exact) mass is 785 g/mol. The quantitative estimate of drug-likeness (QED) is 0.172. The van der Waals surface area contributed by atoms with Gasteiger partial charge in [-0.3, -0.25) is 0 Å². The van der Waals surface area contributed by atoms with Crippen molar-refractivity contribution in [1.82, 2.24) is 0 Å². The van der Waals surface area contributed by atoms with Crippen LogP contribution in [0.5, 0.6) is 0 Å². The van der Waals surface area contributed by atoms with Gasteiger partial charge in [-0.05, 0) is 155 Å². The lowest BCUT2D eigenvalue weighted by atomic mass is 9.76. The normalized spacial score (nSPS) is 18.1. The van der Waals surface area contributed by atoms with Crippen LogP contribution in [0.1, 0.15) is 86.9 Å². The van der Waals surface area contributed by atoms with Crippen LogP contribution in [0.3, 0.4) is 0 Å². The van der Waals surface area contributed by atoms with Crippen LogP contribution < -0.4 is 4.90 Å². The topological polar surface area (TPSA) is 3.24 Å². The van der Waals surface area contributed by atoms with Crippen molar-refractivity contribution in [2.45, 2.75) is 77.2 Å². The third kappa shape index (κ3) is 5.01. The summed E-state index contributed by atoms with van der Waals surface area (Å²) in [7, 11) is 0. The lowest BCUT2D eigenvalue weighted by Gasteiger charge is -2.37. The van der Waals surface area contributed by atoms with Gasteiger partial charge in [-0.15, -0.1) is 0 Å². The molecule has 4 aliphatic rings. The predicted molar refractivity (Wildman–Crippen MR) is 259 cm³/mol. The molecule has 0 aliphatic heterocycles. The molecule has 0 aromatic heterocycles. The number of nitrogens with zero attached hydrogens (tertiary/aromatic N) is 1. The molecule has 0 fully saturated rings. The SMILES string of the molecule is Cc1ccc(N(c2ccc3c(c2)C(C)(C)c2cc4c(cc2-3)C(C)(C)c2ccc3ccccc3c2-4)C2C=CC3=C(C2)C(C)(C)c2cc(-c4ccccc4)c4ccccc4c23)cc1. The molecule has 1 atom stereocenters. The van der Waals surface area contributed by atoms with Gasteiger partial charge in [-0.1, -0.05) is 168 Å². The molecule has 4 aliphatic carbocycles. The Balaban J connectivity index is 0.968. The molecule has 0 saturated heterocycles. The first-order chi connectivity index (χ1) is 29.4. The van der Waals surface area contributed by atoms with E-state index in [1.807, 2.05) is 0 Å². The van der Waals surface area contributed by atoms with E-state index in [-0.39, 0.29) is 22.3 Å². The van der Waals surface area contributed by atoms with E-state index in [1.54, 1.807) is 0 Å².